The monoisotopic (exact) mass is 654 g/mol. The lowest BCUT2D eigenvalue weighted by Crippen LogP contribution is -2.46. The van der Waals surface area contributed by atoms with Gasteiger partial charge in [-0.15, -0.1) is 0 Å². The normalized spacial score (nSPS) is 22.7. The molecule has 0 aliphatic heterocycles. The van der Waals surface area contributed by atoms with Gasteiger partial charge in [-0.25, -0.2) is 0 Å². The van der Waals surface area contributed by atoms with Gasteiger partial charge in [-0.05, 0) is 78.7 Å². The minimum Gasteiger partial charge on any atom is -0.304 e. The number of aryl methyl sites for hydroxylation is 2. The van der Waals surface area contributed by atoms with Gasteiger partial charge in [0.05, 0.1) is 0 Å². The number of hydrogen-bond donors (Lipinski definition) is 0. The van der Waals surface area contributed by atoms with Crippen LogP contribution < -0.4 is 11.1 Å². The molecule has 0 saturated heterocycles. The van der Waals surface area contributed by atoms with Gasteiger partial charge in [0.2, 0.25) is 0 Å². The number of hydrogen-bond acceptors (Lipinski definition) is 4. The van der Waals surface area contributed by atoms with Crippen molar-refractivity contribution in [2.24, 2.45) is 0 Å². The summed E-state index contributed by atoms with van der Waals surface area (Å²) in [4.78, 5) is 33.2. The second kappa shape index (κ2) is 11.1. The molecule has 1 fully saturated rings. The van der Waals surface area contributed by atoms with E-state index in [1.54, 1.807) is 0 Å². The number of pyridine rings is 2. The van der Waals surface area contributed by atoms with E-state index < -0.39 is 0 Å². The molecule has 254 valence electrons. The van der Waals surface area contributed by atoms with E-state index >= 15 is 0 Å². The van der Waals surface area contributed by atoms with Crippen molar-refractivity contribution >= 4 is 32.8 Å². The van der Waals surface area contributed by atoms with Crippen LogP contribution in [0.15, 0.2) is 70.5 Å². The molecule has 4 heterocycles. The molecule has 2 bridgehead atoms. The number of benzene rings is 2. The van der Waals surface area contributed by atoms with Gasteiger partial charge >= 0.3 is 0 Å². The molecule has 6 aromatic rings. The van der Waals surface area contributed by atoms with E-state index in [9.17, 15) is 9.59 Å². The van der Waals surface area contributed by atoms with Crippen LogP contribution in [-0.2, 0) is 21.7 Å². The van der Waals surface area contributed by atoms with Gasteiger partial charge in [0.25, 0.3) is 11.1 Å². The van der Waals surface area contributed by atoms with Gasteiger partial charge in [-0.2, -0.15) is 9.97 Å². The number of rotatable bonds is 0. The van der Waals surface area contributed by atoms with E-state index in [2.05, 4.69) is 96.7 Å². The first-order chi connectivity index (χ1) is 23.2. The summed E-state index contributed by atoms with van der Waals surface area (Å²) in [6.45, 7) is 21.8. The number of fused-ring (bicyclic) bond motifs is 11. The highest BCUT2D eigenvalue weighted by molar-refractivity contribution is 5.99. The van der Waals surface area contributed by atoms with Crippen LogP contribution in [0.25, 0.3) is 32.8 Å². The van der Waals surface area contributed by atoms with Crippen LogP contribution in [0.2, 0.25) is 0 Å². The molecule has 2 aromatic carbocycles. The van der Waals surface area contributed by atoms with E-state index in [0.717, 1.165) is 34.1 Å². The van der Waals surface area contributed by atoms with Crippen molar-refractivity contribution in [1.29, 1.82) is 0 Å². The van der Waals surface area contributed by atoms with Crippen molar-refractivity contribution in [3.8, 4) is 0 Å². The molecule has 0 unspecified atom stereocenters. The summed E-state index contributed by atoms with van der Waals surface area (Å²) in [5, 5.41) is 4.69. The third-order valence-corrected chi connectivity index (χ3v) is 11.9. The molecule has 6 heteroatoms. The third kappa shape index (κ3) is 4.80. The van der Waals surface area contributed by atoms with Crippen molar-refractivity contribution in [2.75, 3.05) is 0 Å². The highest BCUT2D eigenvalue weighted by Gasteiger charge is 2.50. The fourth-order valence-corrected chi connectivity index (χ4v) is 9.78. The number of nitrogens with zero attached hydrogens (tertiary/aromatic N) is 4. The molecule has 0 amide bonds. The predicted molar refractivity (Wildman–Crippen MR) is 203 cm³/mol. The van der Waals surface area contributed by atoms with E-state index in [0.29, 0.717) is 5.56 Å². The fourth-order valence-electron chi connectivity index (χ4n) is 9.78. The van der Waals surface area contributed by atoms with Crippen LogP contribution >= 0.6 is 0 Å². The van der Waals surface area contributed by atoms with Crippen molar-refractivity contribution in [1.82, 2.24) is 18.8 Å². The SMILES string of the molecule is CC.Cc1cn2c3c(c4ccccc4c2nc1=O)C(C)(C)CC3(C)C.Cc1cn2c3c(c4ccccc4c2nc1=O)C1(C)CCC3(C)CC1. The van der Waals surface area contributed by atoms with Crippen LogP contribution in [0.1, 0.15) is 121 Å². The Balaban J connectivity index is 0.000000147. The van der Waals surface area contributed by atoms with Crippen LogP contribution in [0.5, 0.6) is 0 Å². The number of aromatic nitrogens is 4. The molecule has 4 aliphatic rings. The van der Waals surface area contributed by atoms with E-state index in [-0.39, 0.29) is 32.8 Å². The van der Waals surface area contributed by atoms with Crippen molar-refractivity contribution in [3.63, 3.8) is 0 Å². The quantitative estimate of drug-likeness (QED) is 0.153. The molecular formula is C43H50N4O2. The predicted octanol–water partition coefficient (Wildman–Crippen LogP) is 9.40. The Morgan fingerprint density at radius 2 is 0.959 bits per heavy atom. The summed E-state index contributed by atoms with van der Waals surface area (Å²) in [5.41, 5.74) is 8.91. The maximum absolute atomic E-state index is 12.2. The summed E-state index contributed by atoms with van der Waals surface area (Å²) in [6.07, 6.45) is 10.0. The highest BCUT2D eigenvalue weighted by Crippen LogP contribution is 2.58. The van der Waals surface area contributed by atoms with Crippen LogP contribution in [0.4, 0.5) is 0 Å². The van der Waals surface area contributed by atoms with Crippen LogP contribution in [-0.4, -0.2) is 18.8 Å². The Kier molecular flexibility index (Phi) is 7.52. The summed E-state index contributed by atoms with van der Waals surface area (Å²) in [7, 11) is 0. The zero-order valence-corrected chi connectivity index (χ0v) is 30.9. The third-order valence-electron chi connectivity index (χ3n) is 11.9. The van der Waals surface area contributed by atoms with Gasteiger partial charge < -0.3 is 8.80 Å². The summed E-state index contributed by atoms with van der Waals surface area (Å²) < 4.78 is 4.41. The van der Waals surface area contributed by atoms with Gasteiger partial charge in [-0.3, -0.25) is 9.59 Å². The summed E-state index contributed by atoms with van der Waals surface area (Å²) in [6, 6.07) is 16.8. The van der Waals surface area contributed by atoms with E-state index in [1.165, 1.54) is 59.0 Å². The molecule has 10 rings (SSSR count). The maximum atomic E-state index is 12.2. The zero-order valence-electron chi connectivity index (χ0n) is 30.9. The standard InChI is InChI=1S/C21H22N2O.C20H22N2O.C2H6/c1-13-12-23-17-16(20(2)8-10-21(17,3)11-9-20)14-6-4-5-7-15(14)18(23)22-19(13)24;1-12-10-22-16-15(19(2,3)11-20(16,4)5)13-8-6-7-9-14(13)17(22)21-18(12)23;1-2/h4-7,12H,8-11H2,1-3H3;6-10H,11H2,1-5H3;1-2H3. The molecule has 0 N–H and O–H groups in total. The highest BCUT2D eigenvalue weighted by atomic mass is 16.1. The van der Waals surface area contributed by atoms with Crippen molar-refractivity contribution in [3.05, 3.63) is 115 Å². The first-order valence-corrected chi connectivity index (χ1v) is 18.1. The first kappa shape index (κ1) is 33.2. The van der Waals surface area contributed by atoms with Crippen molar-refractivity contribution in [2.45, 2.75) is 123 Å². The van der Waals surface area contributed by atoms with Gasteiger partial charge in [0, 0.05) is 56.5 Å². The Bertz CT molecular complexity index is 2440. The lowest BCUT2D eigenvalue weighted by molar-refractivity contribution is 0.182. The molecule has 6 nitrogen and oxygen atoms in total. The fraction of sp³-hybridized carbons (Fsp3) is 0.442. The first-order valence-electron chi connectivity index (χ1n) is 18.1. The van der Waals surface area contributed by atoms with E-state index in [1.807, 2.05) is 52.2 Å². The average molecular weight is 655 g/mol. The van der Waals surface area contributed by atoms with Gasteiger partial charge in [-0.1, -0.05) is 104 Å². The average Bonchev–Trinajstić information content (AvgIpc) is 3.28. The second-order valence-electron chi connectivity index (χ2n) is 16.4. The molecule has 49 heavy (non-hydrogen) atoms. The van der Waals surface area contributed by atoms with Crippen LogP contribution in [0, 0.1) is 13.8 Å². The summed E-state index contributed by atoms with van der Waals surface area (Å²) in [5.74, 6) is 0. The molecular weight excluding hydrogens is 604 g/mol. The second-order valence-corrected chi connectivity index (χ2v) is 16.4. The lowest BCUT2D eigenvalue weighted by Gasteiger charge is -2.52. The zero-order chi connectivity index (χ0) is 35.3. The largest absolute Gasteiger partial charge is 0.304 e. The molecule has 4 aliphatic carbocycles. The van der Waals surface area contributed by atoms with Gasteiger partial charge in [0.15, 0.2) is 0 Å². The Morgan fingerprint density at radius 1 is 0.551 bits per heavy atom. The Morgan fingerprint density at radius 3 is 1.45 bits per heavy atom. The Hall–Kier alpha value is -4.32. The van der Waals surface area contributed by atoms with Crippen LogP contribution in [0.3, 0.4) is 0 Å². The molecule has 1 saturated carbocycles. The van der Waals surface area contributed by atoms with Crippen molar-refractivity contribution < 1.29 is 0 Å². The minimum absolute atomic E-state index is 0.0459. The van der Waals surface area contributed by atoms with Gasteiger partial charge in [0.1, 0.15) is 11.3 Å². The topological polar surface area (TPSA) is 68.7 Å². The molecule has 0 atom stereocenters. The molecule has 0 radical (unpaired) electrons. The minimum atomic E-state index is -0.134. The lowest BCUT2D eigenvalue weighted by atomic mass is 9.53. The molecule has 0 spiro atoms. The Labute approximate surface area is 289 Å². The molecule has 4 aromatic heterocycles. The maximum Gasteiger partial charge on any atom is 0.276 e. The van der Waals surface area contributed by atoms with E-state index in [4.69, 9.17) is 0 Å². The smallest absolute Gasteiger partial charge is 0.276 e. The summed E-state index contributed by atoms with van der Waals surface area (Å²) >= 11 is 0.